The van der Waals surface area contributed by atoms with Gasteiger partial charge in [0.2, 0.25) is 10.0 Å². The van der Waals surface area contributed by atoms with Crippen molar-refractivity contribution in [2.75, 3.05) is 18.4 Å². The van der Waals surface area contributed by atoms with Gasteiger partial charge in [-0.2, -0.15) is 0 Å². The fourth-order valence-corrected chi connectivity index (χ4v) is 4.90. The molecule has 1 aliphatic rings. The predicted octanol–water partition coefficient (Wildman–Crippen LogP) is 3.65. The lowest BCUT2D eigenvalue weighted by molar-refractivity contribution is -0.384. The van der Waals surface area contributed by atoms with Gasteiger partial charge < -0.3 is 5.32 Å². The van der Waals surface area contributed by atoms with Crippen molar-refractivity contribution < 1.29 is 13.3 Å². The van der Waals surface area contributed by atoms with Gasteiger partial charge in [-0.3, -0.25) is 10.1 Å². The molecule has 1 fully saturated rings. The number of piperidine rings is 1. The van der Waals surface area contributed by atoms with Crippen molar-refractivity contribution in [3.05, 3.63) is 69.2 Å². The number of nitro benzene ring substituents is 1. The molecular weight excluding hydrogens is 390 g/mol. The maximum absolute atomic E-state index is 12.6. The van der Waals surface area contributed by atoms with E-state index < -0.39 is 14.9 Å². The van der Waals surface area contributed by atoms with Crippen LogP contribution in [0.3, 0.4) is 0 Å². The number of hydrogen-bond acceptors (Lipinski definition) is 5. The van der Waals surface area contributed by atoms with E-state index in [1.54, 1.807) is 6.07 Å². The molecule has 0 atom stereocenters. The van der Waals surface area contributed by atoms with Crippen LogP contribution >= 0.6 is 11.6 Å². The second kappa shape index (κ2) is 8.24. The van der Waals surface area contributed by atoms with Crippen molar-refractivity contribution >= 4 is 33.0 Å². The normalized spacial score (nSPS) is 16.2. The van der Waals surface area contributed by atoms with E-state index in [2.05, 4.69) is 5.32 Å². The lowest BCUT2D eigenvalue weighted by atomic mass is 10.1. The molecule has 1 heterocycles. The van der Waals surface area contributed by atoms with Crippen LogP contribution in [0, 0.1) is 10.1 Å². The molecule has 1 N–H and O–H groups in total. The fraction of sp³-hybridized carbons (Fsp3) is 0.333. The van der Waals surface area contributed by atoms with Crippen LogP contribution in [0.25, 0.3) is 0 Å². The van der Waals surface area contributed by atoms with Gasteiger partial charge in [-0.15, -0.1) is 0 Å². The number of non-ortho nitro benzene ring substituents is 1. The second-order valence-electron chi connectivity index (χ2n) is 6.48. The summed E-state index contributed by atoms with van der Waals surface area (Å²) >= 11 is 6.11. The minimum Gasteiger partial charge on any atom is -0.381 e. The number of rotatable bonds is 6. The van der Waals surface area contributed by atoms with Gasteiger partial charge >= 0.3 is 0 Å². The molecule has 0 aromatic heterocycles. The van der Waals surface area contributed by atoms with Crippen LogP contribution in [0.1, 0.15) is 18.4 Å². The highest BCUT2D eigenvalue weighted by molar-refractivity contribution is 7.88. The predicted molar refractivity (Wildman–Crippen MR) is 105 cm³/mol. The lowest BCUT2D eigenvalue weighted by Gasteiger charge is -2.32. The van der Waals surface area contributed by atoms with Gasteiger partial charge in [0.15, 0.2) is 0 Å². The minimum absolute atomic E-state index is 0.000115. The number of benzene rings is 2. The third kappa shape index (κ3) is 4.97. The lowest BCUT2D eigenvalue weighted by Crippen LogP contribution is -2.42. The molecule has 0 unspecified atom stereocenters. The van der Waals surface area contributed by atoms with E-state index in [9.17, 15) is 18.5 Å². The number of anilines is 1. The molecule has 0 saturated carbocycles. The molecule has 3 rings (SSSR count). The Morgan fingerprint density at radius 1 is 1.15 bits per heavy atom. The van der Waals surface area contributed by atoms with E-state index in [0.717, 1.165) is 5.56 Å². The van der Waals surface area contributed by atoms with Crippen LogP contribution in [0.2, 0.25) is 5.02 Å². The zero-order chi connectivity index (χ0) is 19.4. The Labute approximate surface area is 163 Å². The average molecular weight is 410 g/mol. The van der Waals surface area contributed by atoms with Gasteiger partial charge in [0.1, 0.15) is 0 Å². The van der Waals surface area contributed by atoms with E-state index in [0.29, 0.717) is 31.6 Å². The van der Waals surface area contributed by atoms with E-state index >= 15 is 0 Å². The monoisotopic (exact) mass is 409 g/mol. The molecule has 7 nitrogen and oxygen atoms in total. The SMILES string of the molecule is O=[N+]([O-])c1ccc(NC2CCN(S(=O)(=O)Cc3ccccc3)CC2)c(Cl)c1. The summed E-state index contributed by atoms with van der Waals surface area (Å²) < 4.78 is 26.7. The first kappa shape index (κ1) is 19.6. The average Bonchev–Trinajstić information content (AvgIpc) is 2.64. The van der Waals surface area contributed by atoms with Crippen LogP contribution in [0.15, 0.2) is 48.5 Å². The summed E-state index contributed by atoms with van der Waals surface area (Å²) in [5, 5.41) is 14.3. The van der Waals surface area contributed by atoms with E-state index in [1.807, 2.05) is 30.3 Å². The highest BCUT2D eigenvalue weighted by Gasteiger charge is 2.28. The van der Waals surface area contributed by atoms with Gasteiger partial charge in [0.25, 0.3) is 5.69 Å². The molecular formula is C18H20ClN3O4S. The van der Waals surface area contributed by atoms with Crippen molar-refractivity contribution in [2.45, 2.75) is 24.6 Å². The summed E-state index contributed by atoms with van der Waals surface area (Å²) in [6.45, 7) is 0.856. The van der Waals surface area contributed by atoms with Gasteiger partial charge in [-0.1, -0.05) is 41.9 Å². The summed E-state index contributed by atoms with van der Waals surface area (Å²) in [7, 11) is -3.35. The van der Waals surface area contributed by atoms with E-state index in [4.69, 9.17) is 11.6 Å². The smallest absolute Gasteiger partial charge is 0.271 e. The molecule has 1 saturated heterocycles. The van der Waals surface area contributed by atoms with Crippen molar-refractivity contribution in [3.8, 4) is 0 Å². The molecule has 9 heteroatoms. The van der Waals surface area contributed by atoms with Crippen molar-refractivity contribution in [1.29, 1.82) is 0 Å². The van der Waals surface area contributed by atoms with Crippen LogP contribution in [0.5, 0.6) is 0 Å². The Bertz CT molecular complexity index is 913. The topological polar surface area (TPSA) is 92.6 Å². The van der Waals surface area contributed by atoms with Gasteiger partial charge in [0.05, 0.1) is 21.4 Å². The minimum atomic E-state index is -3.35. The van der Waals surface area contributed by atoms with Crippen LogP contribution in [0.4, 0.5) is 11.4 Å². The van der Waals surface area contributed by atoms with Crippen molar-refractivity contribution in [2.24, 2.45) is 0 Å². The second-order valence-corrected chi connectivity index (χ2v) is 8.86. The van der Waals surface area contributed by atoms with Crippen LogP contribution in [-0.2, 0) is 15.8 Å². The summed E-state index contributed by atoms with van der Waals surface area (Å²) in [5.74, 6) is 0.000115. The molecule has 1 aliphatic heterocycles. The standard InChI is InChI=1S/C18H20ClN3O4S/c19-17-12-16(22(23)24)6-7-18(17)20-15-8-10-21(11-9-15)27(25,26)13-14-4-2-1-3-5-14/h1-7,12,15,20H,8-11,13H2. The van der Waals surface area contributed by atoms with E-state index in [1.165, 1.54) is 16.4 Å². The Morgan fingerprint density at radius 2 is 1.81 bits per heavy atom. The molecule has 27 heavy (non-hydrogen) atoms. The van der Waals surface area contributed by atoms with Crippen LogP contribution in [-0.4, -0.2) is 36.8 Å². The molecule has 0 amide bonds. The molecule has 2 aromatic carbocycles. The van der Waals surface area contributed by atoms with Crippen molar-refractivity contribution in [3.63, 3.8) is 0 Å². The molecule has 2 aromatic rings. The number of nitrogens with zero attached hydrogens (tertiary/aromatic N) is 2. The number of nitro groups is 1. The summed E-state index contributed by atoms with van der Waals surface area (Å²) in [6.07, 6.45) is 1.28. The van der Waals surface area contributed by atoms with Gasteiger partial charge in [-0.05, 0) is 24.5 Å². The fourth-order valence-electron chi connectivity index (χ4n) is 3.11. The van der Waals surface area contributed by atoms with E-state index in [-0.39, 0.29) is 22.5 Å². The van der Waals surface area contributed by atoms with Crippen LogP contribution < -0.4 is 5.32 Å². The first-order chi connectivity index (χ1) is 12.8. The molecule has 144 valence electrons. The van der Waals surface area contributed by atoms with Gasteiger partial charge in [-0.25, -0.2) is 12.7 Å². The van der Waals surface area contributed by atoms with Gasteiger partial charge in [0, 0.05) is 31.3 Å². The maximum Gasteiger partial charge on any atom is 0.271 e. The zero-order valence-corrected chi connectivity index (χ0v) is 16.1. The third-order valence-electron chi connectivity index (χ3n) is 4.56. The number of halogens is 1. The first-order valence-corrected chi connectivity index (χ1v) is 10.6. The summed E-state index contributed by atoms with van der Waals surface area (Å²) in [6, 6.07) is 13.5. The molecule has 0 radical (unpaired) electrons. The molecule has 0 aliphatic carbocycles. The number of nitrogens with one attached hydrogen (secondary N) is 1. The third-order valence-corrected chi connectivity index (χ3v) is 6.73. The Morgan fingerprint density at radius 3 is 2.41 bits per heavy atom. The molecule has 0 bridgehead atoms. The zero-order valence-electron chi connectivity index (χ0n) is 14.5. The maximum atomic E-state index is 12.6. The Kier molecular flexibility index (Phi) is 5.98. The Hall–Kier alpha value is -2.16. The largest absolute Gasteiger partial charge is 0.381 e. The highest BCUT2D eigenvalue weighted by atomic mass is 35.5. The summed E-state index contributed by atoms with van der Waals surface area (Å²) in [4.78, 5) is 10.3. The number of sulfonamides is 1. The summed E-state index contributed by atoms with van der Waals surface area (Å²) in [5.41, 5.74) is 1.33. The Balaban J connectivity index is 1.58. The van der Waals surface area contributed by atoms with Crippen molar-refractivity contribution in [1.82, 2.24) is 4.31 Å². The molecule has 0 spiro atoms. The number of hydrogen-bond donors (Lipinski definition) is 1. The highest BCUT2D eigenvalue weighted by Crippen LogP contribution is 2.29. The quantitative estimate of drug-likeness (QED) is 0.580. The first-order valence-electron chi connectivity index (χ1n) is 8.57.